The minimum Gasteiger partial charge on any atom is 0 e. The van der Waals surface area contributed by atoms with Crippen LogP contribution in [0.1, 0.15) is 0 Å². The topological polar surface area (TPSA) is 0 Å². The molecule has 0 aromatic carbocycles. The maximum atomic E-state index is 0. The maximum Gasteiger partial charge on any atom is 0 e. The van der Waals surface area contributed by atoms with Gasteiger partial charge < -0.3 is 0 Å². The van der Waals surface area contributed by atoms with E-state index in [0.717, 1.165) is 0 Å². The zero-order valence-corrected chi connectivity index (χ0v) is 12.0. The second-order valence-electron chi connectivity index (χ2n) is 0. The third-order valence-electron chi connectivity index (χ3n) is 0. The van der Waals surface area contributed by atoms with E-state index in [1.54, 1.807) is 0 Å². The van der Waals surface area contributed by atoms with Crippen molar-refractivity contribution >= 4 is 23.9 Å². The third-order valence-corrected chi connectivity index (χ3v) is 0. The van der Waals surface area contributed by atoms with Crippen LogP contribution >= 0.6 is 0 Å². The molecule has 0 aliphatic rings. The van der Waals surface area contributed by atoms with Crippen LogP contribution in [0.3, 0.4) is 0 Å². The van der Waals surface area contributed by atoms with Crippen LogP contribution in [0.15, 0.2) is 0 Å². The van der Waals surface area contributed by atoms with Gasteiger partial charge in [-0.3, -0.25) is 0 Å². The number of hydrogen-bond donors (Lipinski definition) is 0. The van der Waals surface area contributed by atoms with Crippen molar-refractivity contribution in [3.8, 4) is 0 Å². The van der Waals surface area contributed by atoms with Crippen LogP contribution < -0.4 is 0 Å². The van der Waals surface area contributed by atoms with E-state index >= 15 is 0 Å². The molecule has 4 heteroatoms. The Morgan fingerprint density at radius 2 is 1.00 bits per heavy atom. The molecular weight excluding hydrogens is 323 g/mol. The maximum absolute atomic E-state index is 0. The van der Waals surface area contributed by atoms with Gasteiger partial charge in [0.15, 0.2) is 0 Å². The first kappa shape index (κ1) is 27.9. The summed E-state index contributed by atoms with van der Waals surface area (Å²) in [5.41, 5.74) is 0. The molecule has 0 saturated heterocycles. The minimum absolute atomic E-state index is 0. The van der Waals surface area contributed by atoms with Gasteiger partial charge in [-0.1, -0.05) is 0 Å². The quantitative estimate of drug-likeness (QED) is 0.533. The fraction of sp³-hybridized carbons (Fsp3) is 0. The van der Waals surface area contributed by atoms with Crippen molar-refractivity contribution in [1.29, 1.82) is 0 Å². The molecule has 0 aliphatic carbocycles. The molecule has 0 spiro atoms. The van der Waals surface area contributed by atoms with E-state index in [2.05, 4.69) is 0 Å². The third kappa shape index (κ3) is 8.89. The Labute approximate surface area is 89.6 Å². The molecule has 0 aromatic rings. The van der Waals surface area contributed by atoms with Crippen molar-refractivity contribution in [3.05, 3.63) is 0 Å². The first-order valence-corrected chi connectivity index (χ1v) is 0. The molecule has 0 nitrogen and oxygen atoms in total. The summed E-state index contributed by atoms with van der Waals surface area (Å²) in [7, 11) is 0. The summed E-state index contributed by atoms with van der Waals surface area (Å²) < 4.78 is 0. The van der Waals surface area contributed by atoms with E-state index in [1.807, 2.05) is 0 Å². The Hall–Kier alpha value is 3.02. The van der Waals surface area contributed by atoms with Gasteiger partial charge in [0, 0.05) is 91.3 Å². The zero-order chi connectivity index (χ0) is 0. The Morgan fingerprint density at radius 1 is 1.00 bits per heavy atom. The van der Waals surface area contributed by atoms with Gasteiger partial charge in [0.2, 0.25) is 0 Å². The van der Waals surface area contributed by atoms with Crippen molar-refractivity contribution in [2.45, 2.75) is 0 Å². The number of hydrogen-bond acceptors (Lipinski definition) is 0. The Bertz CT molecular complexity index is 8.00. The van der Waals surface area contributed by atoms with Crippen LogP contribution in [0.2, 0.25) is 0 Å². The van der Waals surface area contributed by atoms with Crippen LogP contribution in [0.5, 0.6) is 0 Å². The summed E-state index contributed by atoms with van der Waals surface area (Å²) in [6, 6.07) is 0. The van der Waals surface area contributed by atoms with Gasteiger partial charge in [0.05, 0.1) is 0 Å². The van der Waals surface area contributed by atoms with Gasteiger partial charge in [-0.2, -0.15) is 0 Å². The Balaban J connectivity index is 0. The predicted octanol–water partition coefficient (Wildman–Crippen LogP) is -0.388. The monoisotopic (exact) mass is 322 g/mol. The molecule has 0 unspecified atom stereocenters. The van der Waals surface area contributed by atoms with Gasteiger partial charge in [-0.15, -0.1) is 0 Å². The van der Waals surface area contributed by atoms with E-state index < -0.39 is 0 Å². The zero-order valence-electron chi connectivity index (χ0n) is 2.21. The molecule has 4 heavy (non-hydrogen) atoms. The van der Waals surface area contributed by atoms with Gasteiger partial charge >= 0.3 is 0 Å². The van der Waals surface area contributed by atoms with E-state index in [-0.39, 0.29) is 91.3 Å². The molecule has 0 N–H and O–H groups in total. The molecule has 0 saturated carbocycles. The van der Waals surface area contributed by atoms with Gasteiger partial charge in [-0.05, 0) is 0 Å². The summed E-state index contributed by atoms with van der Waals surface area (Å²) in [5.74, 6) is 0. The van der Waals surface area contributed by atoms with Crippen molar-refractivity contribution in [2.75, 3.05) is 0 Å². The Morgan fingerprint density at radius 3 is 1.00 bits per heavy atom. The normalized spacial score (nSPS) is 0. The van der Waals surface area contributed by atoms with Crippen LogP contribution in [0.25, 0.3) is 0 Å². The molecular formula is SnTiZnZr. The van der Waals surface area contributed by atoms with Gasteiger partial charge in [0.25, 0.3) is 0 Å². The summed E-state index contributed by atoms with van der Waals surface area (Å²) in [6.07, 6.45) is 0. The van der Waals surface area contributed by atoms with Gasteiger partial charge in [-0.25, -0.2) is 0 Å². The first-order valence-electron chi connectivity index (χ1n) is 0. The fourth-order valence-corrected chi connectivity index (χ4v) is 0. The molecule has 0 bridgehead atoms. The van der Waals surface area contributed by atoms with Crippen molar-refractivity contribution in [2.24, 2.45) is 0 Å². The minimum atomic E-state index is 0. The fourth-order valence-electron chi connectivity index (χ4n) is 0. The smallest absolute Gasteiger partial charge is 0 e. The first-order chi connectivity index (χ1) is 0. The van der Waals surface area contributed by atoms with Crippen molar-refractivity contribution < 1.29 is 67.4 Å². The van der Waals surface area contributed by atoms with E-state index in [9.17, 15) is 0 Å². The Kier molecular flexibility index (Phi) is 116. The van der Waals surface area contributed by atoms with E-state index in [4.69, 9.17) is 0 Å². The van der Waals surface area contributed by atoms with Crippen molar-refractivity contribution in [3.63, 3.8) is 0 Å². The molecule has 0 aromatic heterocycles. The molecule has 4 radical (unpaired) electrons. The predicted molar refractivity (Wildman–Crippen MR) is 5.75 cm³/mol. The van der Waals surface area contributed by atoms with Crippen LogP contribution in [-0.2, 0) is 67.4 Å². The van der Waals surface area contributed by atoms with Gasteiger partial charge in [0.1, 0.15) is 0 Å². The molecule has 14 valence electrons. The summed E-state index contributed by atoms with van der Waals surface area (Å²) in [6.45, 7) is 0. The van der Waals surface area contributed by atoms with E-state index in [0.29, 0.717) is 0 Å². The molecule has 0 atom stereocenters. The standard InChI is InChI=1S/Sn.Ti.Zn.Zr. The molecule has 0 rings (SSSR count). The summed E-state index contributed by atoms with van der Waals surface area (Å²) in [4.78, 5) is 0. The molecule has 0 amide bonds. The number of rotatable bonds is 0. The van der Waals surface area contributed by atoms with Crippen LogP contribution in [0.4, 0.5) is 0 Å². The second-order valence-corrected chi connectivity index (χ2v) is 0. The largest absolute Gasteiger partial charge is 0 e. The summed E-state index contributed by atoms with van der Waals surface area (Å²) in [5, 5.41) is 0. The summed E-state index contributed by atoms with van der Waals surface area (Å²) >= 11 is 0. The molecule has 0 aliphatic heterocycles. The van der Waals surface area contributed by atoms with Crippen LogP contribution in [-0.4, -0.2) is 23.9 Å². The van der Waals surface area contributed by atoms with Crippen LogP contribution in [0, 0.1) is 0 Å². The average molecular weight is 323 g/mol. The second kappa shape index (κ2) is 16.6. The van der Waals surface area contributed by atoms with Crippen molar-refractivity contribution in [1.82, 2.24) is 0 Å². The van der Waals surface area contributed by atoms with E-state index in [1.165, 1.54) is 0 Å². The average Bonchev–Trinajstić information content (AvgIpc) is 0. The molecule has 0 fully saturated rings. The SMILES string of the molecule is [Sn].[Ti].[Zn].[Zr]. The molecule has 0 heterocycles.